The van der Waals surface area contributed by atoms with Gasteiger partial charge in [-0.05, 0) is 30.5 Å². The molecule has 1 spiro atoms. The quantitative estimate of drug-likeness (QED) is 0.695. The summed E-state index contributed by atoms with van der Waals surface area (Å²) in [6.45, 7) is 3.68. The lowest BCUT2D eigenvalue weighted by molar-refractivity contribution is -0.148. The number of hydrogen-bond donors (Lipinski definition) is 0. The summed E-state index contributed by atoms with van der Waals surface area (Å²) in [5.74, 6) is -0.342. The average Bonchev–Trinajstić information content (AvgIpc) is 2.77. The van der Waals surface area contributed by atoms with Crippen molar-refractivity contribution in [1.82, 2.24) is 0 Å². The van der Waals surface area contributed by atoms with Crippen LogP contribution in [0, 0.1) is 0 Å². The molecular weight excluding hydrogens is 216 g/mol. The first-order valence-corrected chi connectivity index (χ1v) is 5.91. The maximum Gasteiger partial charge on any atom is 0.345 e. The van der Waals surface area contributed by atoms with Crippen molar-refractivity contribution in [1.29, 1.82) is 0 Å². The third kappa shape index (κ3) is 1.62. The van der Waals surface area contributed by atoms with Gasteiger partial charge < -0.3 is 9.47 Å². The summed E-state index contributed by atoms with van der Waals surface area (Å²) in [4.78, 5) is 12.0. The highest BCUT2D eigenvalue weighted by atomic mass is 16.7. The van der Waals surface area contributed by atoms with Crippen LogP contribution in [0.3, 0.4) is 0 Å². The van der Waals surface area contributed by atoms with Gasteiger partial charge in [0.25, 0.3) is 5.79 Å². The molecule has 1 aliphatic carbocycles. The minimum Gasteiger partial charge on any atom is -0.451 e. The molecule has 1 fully saturated rings. The van der Waals surface area contributed by atoms with E-state index in [2.05, 4.69) is 6.58 Å². The van der Waals surface area contributed by atoms with Crippen molar-refractivity contribution in [3.63, 3.8) is 0 Å². The molecule has 88 valence electrons. The lowest BCUT2D eigenvalue weighted by atomic mass is 10.1. The first-order chi connectivity index (χ1) is 8.22. The van der Waals surface area contributed by atoms with E-state index in [-0.39, 0.29) is 5.97 Å². The number of rotatable bonds is 1. The summed E-state index contributed by atoms with van der Waals surface area (Å²) < 4.78 is 11.3. The van der Waals surface area contributed by atoms with Crippen LogP contribution in [0.25, 0.3) is 6.08 Å². The molecule has 0 saturated heterocycles. The number of ether oxygens (including phenoxy) is 2. The molecule has 1 heterocycles. The fourth-order valence-electron chi connectivity index (χ4n) is 2.49. The van der Waals surface area contributed by atoms with E-state index in [1.54, 1.807) is 12.1 Å². The highest BCUT2D eigenvalue weighted by molar-refractivity contribution is 5.94. The maximum atomic E-state index is 12.0. The molecule has 3 rings (SSSR count). The molecule has 2 aliphatic rings. The molecular formula is C14H14O3. The van der Waals surface area contributed by atoms with E-state index in [4.69, 9.17) is 9.47 Å². The smallest absolute Gasteiger partial charge is 0.345 e. The molecule has 0 radical (unpaired) electrons. The van der Waals surface area contributed by atoms with Crippen molar-refractivity contribution < 1.29 is 14.3 Å². The largest absolute Gasteiger partial charge is 0.451 e. The summed E-state index contributed by atoms with van der Waals surface area (Å²) in [6.07, 6.45) is 5.39. The fraction of sp³-hybridized carbons (Fsp3) is 0.357. The van der Waals surface area contributed by atoms with Crippen LogP contribution in [0.1, 0.15) is 41.6 Å². The summed E-state index contributed by atoms with van der Waals surface area (Å²) in [7, 11) is 0. The van der Waals surface area contributed by atoms with Gasteiger partial charge >= 0.3 is 5.97 Å². The Morgan fingerprint density at radius 2 is 2.00 bits per heavy atom. The molecule has 0 aromatic heterocycles. The molecule has 1 aromatic carbocycles. The number of esters is 1. The Kier molecular flexibility index (Phi) is 2.21. The van der Waals surface area contributed by atoms with E-state index >= 15 is 0 Å². The first kappa shape index (κ1) is 10.4. The average molecular weight is 230 g/mol. The second kappa shape index (κ2) is 3.62. The van der Waals surface area contributed by atoms with E-state index in [1.807, 2.05) is 12.1 Å². The van der Waals surface area contributed by atoms with Crippen molar-refractivity contribution in [2.45, 2.75) is 31.5 Å². The predicted octanol–water partition coefficient (Wildman–Crippen LogP) is 3.15. The predicted molar refractivity (Wildman–Crippen MR) is 63.8 cm³/mol. The lowest BCUT2D eigenvalue weighted by Crippen LogP contribution is -2.42. The van der Waals surface area contributed by atoms with Crippen LogP contribution in [0.2, 0.25) is 0 Å². The Hall–Kier alpha value is -1.77. The lowest BCUT2D eigenvalue weighted by Gasteiger charge is -2.34. The zero-order valence-electron chi connectivity index (χ0n) is 9.57. The number of benzene rings is 1. The van der Waals surface area contributed by atoms with Crippen LogP contribution >= 0.6 is 0 Å². The Labute approximate surface area is 100 Å². The van der Waals surface area contributed by atoms with Gasteiger partial charge in [0.15, 0.2) is 0 Å². The highest BCUT2D eigenvalue weighted by Crippen LogP contribution is 2.41. The van der Waals surface area contributed by atoms with Crippen LogP contribution in [0.5, 0.6) is 5.75 Å². The SMILES string of the molecule is C=Cc1ccc2c(c1)C(=O)OC1(CCCC1)O2. The number of fused-ring (bicyclic) bond motifs is 1. The van der Waals surface area contributed by atoms with Crippen molar-refractivity contribution in [3.05, 3.63) is 35.9 Å². The van der Waals surface area contributed by atoms with Gasteiger partial charge in [0, 0.05) is 12.8 Å². The Bertz CT molecular complexity index is 484. The highest BCUT2D eigenvalue weighted by Gasteiger charge is 2.44. The zero-order valence-corrected chi connectivity index (χ0v) is 9.57. The normalized spacial score (nSPS) is 20.6. The molecule has 17 heavy (non-hydrogen) atoms. The van der Waals surface area contributed by atoms with E-state index in [1.165, 1.54) is 0 Å². The molecule has 1 aromatic rings. The summed E-state index contributed by atoms with van der Waals surface area (Å²) in [5.41, 5.74) is 1.39. The molecule has 3 heteroatoms. The van der Waals surface area contributed by atoms with Crippen LogP contribution in [-0.4, -0.2) is 11.8 Å². The van der Waals surface area contributed by atoms with E-state index in [9.17, 15) is 4.79 Å². The molecule has 1 saturated carbocycles. The standard InChI is InChI=1S/C14H14O3/c1-2-10-5-6-12-11(9-10)13(15)17-14(16-12)7-3-4-8-14/h2,5-6,9H,1,3-4,7-8H2. The van der Waals surface area contributed by atoms with Crippen LogP contribution < -0.4 is 4.74 Å². The molecule has 0 N–H and O–H groups in total. The van der Waals surface area contributed by atoms with Crippen LogP contribution in [0.4, 0.5) is 0 Å². The Morgan fingerprint density at radius 1 is 1.24 bits per heavy atom. The van der Waals surface area contributed by atoms with Gasteiger partial charge in [-0.25, -0.2) is 4.79 Å². The van der Waals surface area contributed by atoms with Gasteiger partial charge in [-0.2, -0.15) is 0 Å². The van der Waals surface area contributed by atoms with Gasteiger partial charge in [-0.1, -0.05) is 18.7 Å². The molecule has 3 nitrogen and oxygen atoms in total. The van der Waals surface area contributed by atoms with E-state index in [0.717, 1.165) is 31.2 Å². The monoisotopic (exact) mass is 230 g/mol. The van der Waals surface area contributed by atoms with E-state index < -0.39 is 5.79 Å². The van der Waals surface area contributed by atoms with Crippen molar-refractivity contribution >= 4 is 12.0 Å². The van der Waals surface area contributed by atoms with Gasteiger partial charge in [0.2, 0.25) is 0 Å². The van der Waals surface area contributed by atoms with Gasteiger partial charge in [0.05, 0.1) is 0 Å². The second-order valence-electron chi connectivity index (χ2n) is 4.57. The second-order valence-corrected chi connectivity index (χ2v) is 4.57. The molecule has 0 amide bonds. The van der Waals surface area contributed by atoms with Gasteiger partial charge in [-0.15, -0.1) is 0 Å². The van der Waals surface area contributed by atoms with Crippen molar-refractivity contribution in [3.8, 4) is 5.75 Å². The van der Waals surface area contributed by atoms with Gasteiger partial charge in [-0.3, -0.25) is 0 Å². The van der Waals surface area contributed by atoms with Crippen molar-refractivity contribution in [2.75, 3.05) is 0 Å². The number of carbonyl (C=O) groups is 1. The number of carbonyl (C=O) groups excluding carboxylic acids is 1. The van der Waals surface area contributed by atoms with Gasteiger partial charge in [0.1, 0.15) is 11.3 Å². The van der Waals surface area contributed by atoms with E-state index in [0.29, 0.717) is 11.3 Å². The summed E-state index contributed by atoms with van der Waals surface area (Å²) in [6, 6.07) is 5.48. The zero-order chi connectivity index (χ0) is 11.9. The minimum absolute atomic E-state index is 0.281. The fourth-order valence-corrected chi connectivity index (χ4v) is 2.49. The Morgan fingerprint density at radius 3 is 2.71 bits per heavy atom. The van der Waals surface area contributed by atoms with Crippen LogP contribution in [0.15, 0.2) is 24.8 Å². The van der Waals surface area contributed by atoms with Crippen LogP contribution in [-0.2, 0) is 4.74 Å². The maximum absolute atomic E-state index is 12.0. The number of hydrogen-bond acceptors (Lipinski definition) is 3. The minimum atomic E-state index is -0.695. The third-order valence-corrected chi connectivity index (χ3v) is 3.40. The molecule has 0 bridgehead atoms. The summed E-state index contributed by atoms with van der Waals surface area (Å²) in [5, 5.41) is 0. The first-order valence-electron chi connectivity index (χ1n) is 5.91. The topological polar surface area (TPSA) is 35.5 Å². The molecule has 1 aliphatic heterocycles. The molecule has 0 atom stereocenters. The van der Waals surface area contributed by atoms with Crippen molar-refractivity contribution in [2.24, 2.45) is 0 Å². The third-order valence-electron chi connectivity index (χ3n) is 3.40. The summed E-state index contributed by atoms with van der Waals surface area (Å²) >= 11 is 0. The Balaban J connectivity index is 2.02. The molecule has 0 unspecified atom stereocenters.